The Morgan fingerprint density at radius 2 is 1.88 bits per heavy atom. The number of likely N-dealkylation sites (N-methyl/N-ethyl adjacent to an activating group) is 2. The molecule has 0 heterocycles. The lowest BCUT2D eigenvalue weighted by Gasteiger charge is -2.39. The molecule has 1 aromatic rings. The first kappa shape index (κ1) is 13.2. The van der Waals surface area contributed by atoms with Gasteiger partial charge in [-0.25, -0.2) is 0 Å². The standard InChI is InChI=1S/C14H24N2/c1-11-8-7-9-12(10-11)13(16(5)6)14(2,3)15-4/h7-10,13,15H,1-6H3. The lowest BCUT2D eigenvalue weighted by atomic mass is 9.87. The summed E-state index contributed by atoms with van der Waals surface area (Å²) in [5, 5.41) is 3.40. The smallest absolute Gasteiger partial charge is 0.0519 e. The maximum Gasteiger partial charge on any atom is 0.0519 e. The Bertz CT molecular complexity index is 342. The fourth-order valence-corrected chi connectivity index (χ4v) is 2.34. The molecule has 0 aliphatic heterocycles. The van der Waals surface area contributed by atoms with Crippen molar-refractivity contribution in [3.05, 3.63) is 35.4 Å². The summed E-state index contributed by atoms with van der Waals surface area (Å²) < 4.78 is 0. The largest absolute Gasteiger partial charge is 0.313 e. The average Bonchev–Trinajstić information content (AvgIpc) is 2.17. The minimum atomic E-state index is 0.0529. The molecule has 1 atom stereocenters. The molecule has 0 spiro atoms. The molecule has 0 fully saturated rings. The number of hydrogen-bond donors (Lipinski definition) is 1. The van der Waals surface area contributed by atoms with Crippen molar-refractivity contribution in [2.24, 2.45) is 0 Å². The monoisotopic (exact) mass is 220 g/mol. The maximum atomic E-state index is 3.40. The molecule has 2 heteroatoms. The van der Waals surface area contributed by atoms with Gasteiger partial charge in [0.1, 0.15) is 0 Å². The van der Waals surface area contributed by atoms with Gasteiger partial charge in [-0.1, -0.05) is 29.8 Å². The van der Waals surface area contributed by atoms with E-state index in [4.69, 9.17) is 0 Å². The van der Waals surface area contributed by atoms with Crippen molar-refractivity contribution in [1.29, 1.82) is 0 Å². The topological polar surface area (TPSA) is 15.3 Å². The second-order valence-corrected chi connectivity index (χ2v) is 5.25. The van der Waals surface area contributed by atoms with Gasteiger partial charge in [-0.2, -0.15) is 0 Å². The van der Waals surface area contributed by atoms with Gasteiger partial charge in [0, 0.05) is 5.54 Å². The molecule has 16 heavy (non-hydrogen) atoms. The molecule has 1 rings (SSSR count). The number of hydrogen-bond acceptors (Lipinski definition) is 2. The van der Waals surface area contributed by atoms with Crippen LogP contribution in [0.15, 0.2) is 24.3 Å². The average molecular weight is 220 g/mol. The van der Waals surface area contributed by atoms with Crippen LogP contribution in [0.25, 0.3) is 0 Å². The fourth-order valence-electron chi connectivity index (χ4n) is 2.34. The van der Waals surface area contributed by atoms with Crippen molar-refractivity contribution in [3.63, 3.8) is 0 Å². The van der Waals surface area contributed by atoms with E-state index in [1.54, 1.807) is 0 Å². The molecule has 0 aliphatic rings. The molecular weight excluding hydrogens is 196 g/mol. The first-order valence-electron chi connectivity index (χ1n) is 5.80. The van der Waals surface area contributed by atoms with Gasteiger partial charge in [-0.15, -0.1) is 0 Å². The van der Waals surface area contributed by atoms with Gasteiger partial charge >= 0.3 is 0 Å². The highest BCUT2D eigenvalue weighted by Gasteiger charge is 2.30. The second-order valence-electron chi connectivity index (χ2n) is 5.25. The first-order valence-corrected chi connectivity index (χ1v) is 5.80. The van der Waals surface area contributed by atoms with Crippen LogP contribution in [-0.4, -0.2) is 31.6 Å². The molecule has 90 valence electrons. The van der Waals surface area contributed by atoms with Gasteiger partial charge in [-0.05, 0) is 47.5 Å². The molecule has 0 saturated carbocycles. The highest BCUT2D eigenvalue weighted by atomic mass is 15.2. The Kier molecular flexibility index (Phi) is 4.11. The highest BCUT2D eigenvalue weighted by Crippen LogP contribution is 2.29. The summed E-state index contributed by atoms with van der Waals surface area (Å²) in [6, 6.07) is 9.12. The Hall–Kier alpha value is -0.860. The van der Waals surface area contributed by atoms with Gasteiger partial charge in [0.15, 0.2) is 0 Å². The van der Waals surface area contributed by atoms with Crippen LogP contribution in [-0.2, 0) is 0 Å². The number of nitrogens with one attached hydrogen (secondary N) is 1. The summed E-state index contributed by atoms with van der Waals surface area (Å²) in [7, 11) is 6.28. The number of nitrogens with zero attached hydrogens (tertiary/aromatic N) is 1. The van der Waals surface area contributed by atoms with Crippen LogP contribution in [0.2, 0.25) is 0 Å². The van der Waals surface area contributed by atoms with Crippen molar-refractivity contribution >= 4 is 0 Å². The molecule has 0 amide bonds. The van der Waals surface area contributed by atoms with Crippen LogP contribution in [0.5, 0.6) is 0 Å². The van der Waals surface area contributed by atoms with Crippen LogP contribution in [0.1, 0.15) is 31.0 Å². The predicted octanol–water partition coefficient (Wildman–Crippen LogP) is 2.60. The van der Waals surface area contributed by atoms with E-state index >= 15 is 0 Å². The lowest BCUT2D eigenvalue weighted by Crippen LogP contribution is -2.48. The van der Waals surface area contributed by atoms with E-state index in [9.17, 15) is 0 Å². The molecule has 2 nitrogen and oxygen atoms in total. The predicted molar refractivity (Wildman–Crippen MR) is 70.7 cm³/mol. The second kappa shape index (κ2) is 4.98. The van der Waals surface area contributed by atoms with Crippen molar-refractivity contribution < 1.29 is 0 Å². The van der Waals surface area contributed by atoms with Crippen LogP contribution < -0.4 is 5.32 Å². The molecule has 1 N–H and O–H groups in total. The van der Waals surface area contributed by atoms with Crippen molar-refractivity contribution in [2.75, 3.05) is 21.1 Å². The zero-order valence-corrected chi connectivity index (χ0v) is 11.3. The third-order valence-electron chi connectivity index (χ3n) is 3.20. The zero-order chi connectivity index (χ0) is 12.3. The maximum absolute atomic E-state index is 3.40. The summed E-state index contributed by atoms with van der Waals surface area (Å²) in [5.74, 6) is 0. The van der Waals surface area contributed by atoms with E-state index in [0.29, 0.717) is 6.04 Å². The van der Waals surface area contributed by atoms with E-state index in [0.717, 1.165) is 0 Å². The Balaban J connectivity index is 3.13. The number of rotatable bonds is 4. The molecule has 0 aliphatic carbocycles. The Morgan fingerprint density at radius 1 is 1.25 bits per heavy atom. The SMILES string of the molecule is CNC(C)(C)C(c1cccc(C)c1)N(C)C. The van der Waals surface area contributed by atoms with Crippen LogP contribution >= 0.6 is 0 Å². The van der Waals surface area contributed by atoms with Crippen LogP contribution in [0, 0.1) is 6.92 Å². The van der Waals surface area contributed by atoms with Gasteiger partial charge in [0.25, 0.3) is 0 Å². The molecule has 1 unspecified atom stereocenters. The fraction of sp³-hybridized carbons (Fsp3) is 0.571. The molecule has 0 radical (unpaired) electrons. The first-order chi connectivity index (χ1) is 7.38. The van der Waals surface area contributed by atoms with Crippen molar-refractivity contribution in [2.45, 2.75) is 32.4 Å². The third-order valence-corrected chi connectivity index (χ3v) is 3.20. The van der Waals surface area contributed by atoms with Crippen molar-refractivity contribution in [3.8, 4) is 0 Å². The van der Waals surface area contributed by atoms with E-state index in [1.165, 1.54) is 11.1 Å². The zero-order valence-electron chi connectivity index (χ0n) is 11.3. The summed E-state index contributed by atoms with van der Waals surface area (Å²) in [6.07, 6.45) is 0. The van der Waals surface area contributed by atoms with Gasteiger partial charge in [0.2, 0.25) is 0 Å². The number of aryl methyl sites for hydroxylation is 1. The summed E-state index contributed by atoms with van der Waals surface area (Å²) >= 11 is 0. The van der Waals surface area contributed by atoms with E-state index in [1.807, 2.05) is 7.05 Å². The Labute approximate surface area is 99.7 Å². The normalized spacial score (nSPS) is 14.2. The third kappa shape index (κ3) is 2.83. The molecule has 0 saturated heterocycles. The van der Waals surface area contributed by atoms with Gasteiger partial charge in [0.05, 0.1) is 6.04 Å². The quantitative estimate of drug-likeness (QED) is 0.839. The molecule has 0 bridgehead atoms. The summed E-state index contributed by atoms with van der Waals surface area (Å²) in [4.78, 5) is 2.27. The summed E-state index contributed by atoms with van der Waals surface area (Å²) in [6.45, 7) is 6.61. The summed E-state index contributed by atoms with van der Waals surface area (Å²) in [5.41, 5.74) is 2.73. The molecular formula is C14H24N2. The highest BCUT2D eigenvalue weighted by molar-refractivity contribution is 5.27. The van der Waals surface area contributed by atoms with Crippen molar-refractivity contribution in [1.82, 2.24) is 10.2 Å². The van der Waals surface area contributed by atoms with E-state index < -0.39 is 0 Å². The lowest BCUT2D eigenvalue weighted by molar-refractivity contribution is 0.177. The van der Waals surface area contributed by atoms with Gasteiger partial charge < -0.3 is 10.2 Å². The van der Waals surface area contributed by atoms with Crippen LogP contribution in [0.4, 0.5) is 0 Å². The molecule has 1 aromatic carbocycles. The van der Waals surface area contributed by atoms with Crippen LogP contribution in [0.3, 0.4) is 0 Å². The van der Waals surface area contributed by atoms with E-state index in [-0.39, 0.29) is 5.54 Å². The van der Waals surface area contributed by atoms with E-state index in [2.05, 4.69) is 69.3 Å². The Morgan fingerprint density at radius 3 is 2.31 bits per heavy atom. The minimum absolute atomic E-state index is 0.0529. The molecule has 0 aromatic heterocycles. The number of benzene rings is 1. The minimum Gasteiger partial charge on any atom is -0.313 e. The van der Waals surface area contributed by atoms with Gasteiger partial charge in [-0.3, -0.25) is 0 Å².